The molecule has 0 fully saturated rings. The molecule has 0 unspecified atom stereocenters. The number of nitrogens with zero attached hydrogens (tertiary/aromatic N) is 1. The summed E-state index contributed by atoms with van der Waals surface area (Å²) < 4.78 is 35.0. The molecule has 2 aromatic rings. The van der Waals surface area contributed by atoms with Gasteiger partial charge in [0.2, 0.25) is 5.91 Å². The minimum Gasteiger partial charge on any atom is -0.493 e. The molecule has 0 aliphatic carbocycles. The van der Waals surface area contributed by atoms with E-state index >= 15 is 0 Å². The second kappa shape index (κ2) is 8.34. The Morgan fingerprint density at radius 1 is 1.08 bits per heavy atom. The average Bonchev–Trinajstić information content (AvgIpc) is 2.61. The number of benzene rings is 2. The quantitative estimate of drug-likeness (QED) is 0.567. The van der Waals surface area contributed by atoms with E-state index in [-0.39, 0.29) is 10.8 Å². The van der Waals surface area contributed by atoms with Crippen molar-refractivity contribution in [3.8, 4) is 11.5 Å². The number of anilines is 1. The molecule has 0 aliphatic heterocycles. The van der Waals surface area contributed by atoms with E-state index in [1.165, 1.54) is 51.6 Å². The number of hydrogen-bond acceptors (Lipinski definition) is 6. The molecule has 9 heteroatoms. The Morgan fingerprint density at radius 2 is 1.77 bits per heavy atom. The highest BCUT2D eigenvalue weighted by Gasteiger charge is 2.13. The summed E-state index contributed by atoms with van der Waals surface area (Å²) in [5.74, 6) is 0.709. The van der Waals surface area contributed by atoms with E-state index < -0.39 is 10.0 Å². The molecule has 1 amide bonds. The number of nitrogens with one attached hydrogen (secondary N) is 2. The normalized spacial score (nSPS) is 11.2. The Morgan fingerprint density at radius 3 is 2.35 bits per heavy atom. The van der Waals surface area contributed by atoms with Crippen molar-refractivity contribution in [2.24, 2.45) is 5.10 Å². The van der Waals surface area contributed by atoms with Crippen molar-refractivity contribution in [1.29, 1.82) is 0 Å². The molecule has 26 heavy (non-hydrogen) atoms. The van der Waals surface area contributed by atoms with E-state index in [9.17, 15) is 13.2 Å². The second-order valence-corrected chi connectivity index (χ2v) is 6.80. The molecule has 0 spiro atoms. The lowest BCUT2D eigenvalue weighted by atomic mass is 10.2. The minimum atomic E-state index is -3.84. The molecule has 138 valence electrons. The molecule has 0 saturated carbocycles. The maximum atomic E-state index is 12.3. The fourth-order valence-corrected chi connectivity index (χ4v) is 2.94. The average molecular weight is 377 g/mol. The molecule has 0 radical (unpaired) electrons. The minimum absolute atomic E-state index is 0.0151. The zero-order valence-electron chi connectivity index (χ0n) is 14.5. The van der Waals surface area contributed by atoms with Gasteiger partial charge in [0.15, 0.2) is 11.5 Å². The van der Waals surface area contributed by atoms with Crippen molar-refractivity contribution in [1.82, 2.24) is 4.83 Å². The lowest BCUT2D eigenvalue weighted by molar-refractivity contribution is -0.114. The van der Waals surface area contributed by atoms with Gasteiger partial charge in [0, 0.05) is 18.2 Å². The fraction of sp³-hybridized carbons (Fsp3) is 0.176. The van der Waals surface area contributed by atoms with Crippen LogP contribution in [0, 0.1) is 0 Å². The molecule has 0 saturated heterocycles. The number of para-hydroxylation sites is 1. The molecule has 0 bridgehead atoms. The van der Waals surface area contributed by atoms with Crippen LogP contribution < -0.4 is 19.6 Å². The lowest BCUT2D eigenvalue weighted by Crippen LogP contribution is -2.18. The van der Waals surface area contributed by atoms with Crippen LogP contribution in [-0.2, 0) is 14.8 Å². The van der Waals surface area contributed by atoms with Gasteiger partial charge in [-0.15, -0.1) is 0 Å². The van der Waals surface area contributed by atoms with E-state index in [1.807, 2.05) is 0 Å². The third-order valence-electron chi connectivity index (χ3n) is 3.29. The van der Waals surface area contributed by atoms with E-state index in [0.717, 1.165) is 0 Å². The number of methoxy groups -OCH3 is 2. The molecule has 8 nitrogen and oxygen atoms in total. The monoisotopic (exact) mass is 377 g/mol. The number of rotatable bonds is 7. The van der Waals surface area contributed by atoms with Crippen LogP contribution in [0.3, 0.4) is 0 Å². The smallest absolute Gasteiger partial charge is 0.276 e. The van der Waals surface area contributed by atoms with Crippen LogP contribution in [0.2, 0.25) is 0 Å². The van der Waals surface area contributed by atoms with Crippen LogP contribution in [0.15, 0.2) is 52.5 Å². The fourth-order valence-electron chi connectivity index (χ4n) is 2.15. The summed E-state index contributed by atoms with van der Waals surface area (Å²) in [6.07, 6.45) is 1.32. The van der Waals surface area contributed by atoms with Gasteiger partial charge < -0.3 is 14.8 Å². The van der Waals surface area contributed by atoms with Gasteiger partial charge in [0.1, 0.15) is 0 Å². The van der Waals surface area contributed by atoms with Crippen molar-refractivity contribution in [3.05, 3.63) is 48.0 Å². The Kier molecular flexibility index (Phi) is 6.18. The first-order chi connectivity index (χ1) is 12.4. The Bertz CT molecular complexity index is 908. The molecular weight excluding hydrogens is 358 g/mol. The number of sulfonamides is 1. The van der Waals surface area contributed by atoms with Gasteiger partial charge in [0.25, 0.3) is 10.0 Å². The summed E-state index contributed by atoms with van der Waals surface area (Å²) in [5, 5.41) is 6.34. The predicted molar refractivity (Wildman–Crippen MR) is 98.2 cm³/mol. The molecule has 0 aliphatic rings. The van der Waals surface area contributed by atoms with Crippen molar-refractivity contribution in [2.45, 2.75) is 11.8 Å². The highest BCUT2D eigenvalue weighted by Crippen LogP contribution is 2.29. The molecule has 2 N–H and O–H groups in total. The van der Waals surface area contributed by atoms with Crippen LogP contribution in [0.1, 0.15) is 12.5 Å². The standard InChI is InChI=1S/C17H19N3O5S/c1-12(21)19-14-7-9-15(10-8-14)26(22,23)20-18-11-13-5-4-6-16(24-2)17(13)25-3/h4-11,20H,1-3H3,(H,19,21). The second-order valence-electron chi connectivity index (χ2n) is 5.14. The van der Waals surface area contributed by atoms with Gasteiger partial charge in [-0.25, -0.2) is 4.83 Å². The number of ether oxygens (including phenoxy) is 2. The van der Waals surface area contributed by atoms with Gasteiger partial charge in [0.05, 0.1) is 25.3 Å². The van der Waals surface area contributed by atoms with E-state index in [1.54, 1.807) is 18.2 Å². The summed E-state index contributed by atoms with van der Waals surface area (Å²) in [5.41, 5.74) is 1.05. The van der Waals surface area contributed by atoms with E-state index in [4.69, 9.17) is 9.47 Å². The van der Waals surface area contributed by atoms with Crippen LogP contribution in [0.25, 0.3) is 0 Å². The van der Waals surface area contributed by atoms with Gasteiger partial charge >= 0.3 is 0 Å². The van der Waals surface area contributed by atoms with Crippen LogP contribution in [-0.4, -0.2) is 34.8 Å². The van der Waals surface area contributed by atoms with Gasteiger partial charge in [-0.2, -0.15) is 13.5 Å². The first kappa shape index (κ1) is 19.3. The lowest BCUT2D eigenvalue weighted by Gasteiger charge is -2.09. The SMILES string of the molecule is COc1cccc(C=NNS(=O)(=O)c2ccc(NC(C)=O)cc2)c1OC. The number of carbonyl (C=O) groups excluding carboxylic acids is 1. The van der Waals surface area contributed by atoms with Crippen molar-refractivity contribution >= 4 is 27.8 Å². The molecule has 0 heterocycles. The number of amides is 1. The highest BCUT2D eigenvalue weighted by molar-refractivity contribution is 7.89. The third-order valence-corrected chi connectivity index (χ3v) is 4.53. The number of hydrazone groups is 1. The largest absolute Gasteiger partial charge is 0.493 e. The van der Waals surface area contributed by atoms with Gasteiger partial charge in [-0.05, 0) is 36.4 Å². The summed E-state index contributed by atoms with van der Waals surface area (Å²) in [6, 6.07) is 10.9. The summed E-state index contributed by atoms with van der Waals surface area (Å²) in [7, 11) is -0.855. The van der Waals surface area contributed by atoms with Gasteiger partial charge in [-0.1, -0.05) is 6.07 Å². The first-order valence-electron chi connectivity index (χ1n) is 7.51. The predicted octanol–water partition coefficient (Wildman–Crippen LogP) is 1.97. The maximum Gasteiger partial charge on any atom is 0.276 e. The van der Waals surface area contributed by atoms with E-state index in [2.05, 4.69) is 15.2 Å². The van der Waals surface area contributed by atoms with E-state index in [0.29, 0.717) is 22.7 Å². The van der Waals surface area contributed by atoms with Crippen molar-refractivity contribution in [3.63, 3.8) is 0 Å². The summed E-state index contributed by atoms with van der Waals surface area (Å²) in [4.78, 5) is 13.1. The van der Waals surface area contributed by atoms with Crippen molar-refractivity contribution < 1.29 is 22.7 Å². The van der Waals surface area contributed by atoms with Crippen LogP contribution in [0.5, 0.6) is 11.5 Å². The maximum absolute atomic E-state index is 12.3. The van der Waals surface area contributed by atoms with Crippen LogP contribution >= 0.6 is 0 Å². The number of hydrogen-bond donors (Lipinski definition) is 2. The Labute approximate surface area is 151 Å². The molecule has 2 aromatic carbocycles. The summed E-state index contributed by atoms with van der Waals surface area (Å²) in [6.45, 7) is 1.37. The third kappa shape index (κ3) is 4.73. The molecule has 2 rings (SSSR count). The Balaban J connectivity index is 2.15. The molecular formula is C17H19N3O5S. The van der Waals surface area contributed by atoms with Gasteiger partial charge in [-0.3, -0.25) is 4.79 Å². The molecule has 0 aromatic heterocycles. The first-order valence-corrected chi connectivity index (χ1v) is 8.99. The summed E-state index contributed by atoms with van der Waals surface area (Å²) >= 11 is 0. The number of carbonyl (C=O) groups is 1. The molecule has 0 atom stereocenters. The topological polar surface area (TPSA) is 106 Å². The zero-order valence-corrected chi connectivity index (χ0v) is 15.3. The highest BCUT2D eigenvalue weighted by atomic mass is 32.2. The zero-order chi connectivity index (χ0) is 19.2. The van der Waals surface area contributed by atoms with Crippen molar-refractivity contribution in [2.75, 3.05) is 19.5 Å². The Hall–Kier alpha value is -3.07. The van der Waals surface area contributed by atoms with Crippen LogP contribution in [0.4, 0.5) is 5.69 Å².